The third-order valence-corrected chi connectivity index (χ3v) is 5.08. The summed E-state index contributed by atoms with van der Waals surface area (Å²) in [7, 11) is 0. The topological polar surface area (TPSA) is 99.5 Å². The predicted octanol–water partition coefficient (Wildman–Crippen LogP) is 3.04. The summed E-state index contributed by atoms with van der Waals surface area (Å²) < 4.78 is 5.30. The molecular weight excluding hydrogens is 382 g/mol. The van der Waals surface area contributed by atoms with Gasteiger partial charge in [0, 0.05) is 18.7 Å². The van der Waals surface area contributed by atoms with Gasteiger partial charge >= 0.3 is 5.97 Å². The number of ether oxygens (including phenoxy) is 1. The summed E-state index contributed by atoms with van der Waals surface area (Å²) in [5, 5.41) is 11.7. The van der Waals surface area contributed by atoms with Gasteiger partial charge in [0.1, 0.15) is 6.07 Å². The molecule has 2 atom stereocenters. The third kappa shape index (κ3) is 4.66. The van der Waals surface area contributed by atoms with Crippen LogP contribution in [0.3, 0.4) is 0 Å². The summed E-state index contributed by atoms with van der Waals surface area (Å²) >= 11 is 0. The second-order valence-corrected chi connectivity index (χ2v) is 7.15. The number of hydrogen-bond acceptors (Lipinski definition) is 5. The number of nitrogens with one attached hydrogen (secondary N) is 1. The fourth-order valence-electron chi connectivity index (χ4n) is 3.27. The fraction of sp³-hybridized carbons (Fsp3) is 0.304. The van der Waals surface area contributed by atoms with Gasteiger partial charge in [-0.3, -0.25) is 14.4 Å². The zero-order valence-electron chi connectivity index (χ0n) is 16.9. The first kappa shape index (κ1) is 21.1. The molecule has 0 saturated carbocycles. The molecule has 1 fully saturated rings. The summed E-state index contributed by atoms with van der Waals surface area (Å²) in [4.78, 5) is 38.8. The minimum atomic E-state index is -1.06. The quantitative estimate of drug-likeness (QED) is 0.745. The molecule has 2 aromatic carbocycles. The van der Waals surface area contributed by atoms with E-state index in [1.165, 1.54) is 12.5 Å². The number of aryl methyl sites for hydroxylation is 1. The number of nitrogens with zero attached hydrogens (tertiary/aromatic N) is 2. The SMILES string of the molecule is CCc1ccc(N2C[C@@H](C(=O)O[C@H](C)C(=O)Nc3ccccc3C#N)CC2=O)cc1. The lowest BCUT2D eigenvalue weighted by Gasteiger charge is -2.18. The molecule has 0 aromatic heterocycles. The Morgan fingerprint density at radius 1 is 1.23 bits per heavy atom. The summed E-state index contributed by atoms with van der Waals surface area (Å²) in [6.07, 6.45) is -0.112. The van der Waals surface area contributed by atoms with Crippen molar-refractivity contribution in [1.29, 1.82) is 5.26 Å². The number of anilines is 2. The highest BCUT2D eigenvalue weighted by atomic mass is 16.5. The molecule has 0 radical (unpaired) electrons. The number of nitriles is 1. The van der Waals surface area contributed by atoms with Crippen LogP contribution in [0.2, 0.25) is 0 Å². The van der Waals surface area contributed by atoms with Gasteiger partial charge in [-0.25, -0.2) is 0 Å². The van der Waals surface area contributed by atoms with Crippen molar-refractivity contribution in [3.05, 3.63) is 59.7 Å². The molecule has 0 spiro atoms. The zero-order valence-corrected chi connectivity index (χ0v) is 16.9. The summed E-state index contributed by atoms with van der Waals surface area (Å²) in [6, 6.07) is 16.2. The number of hydrogen-bond donors (Lipinski definition) is 1. The molecule has 2 aromatic rings. The Labute approximate surface area is 175 Å². The van der Waals surface area contributed by atoms with Gasteiger partial charge in [0.2, 0.25) is 5.91 Å². The number of carbonyl (C=O) groups is 3. The van der Waals surface area contributed by atoms with E-state index in [-0.39, 0.29) is 18.9 Å². The summed E-state index contributed by atoms with van der Waals surface area (Å²) in [5.41, 5.74) is 2.58. The largest absolute Gasteiger partial charge is 0.452 e. The highest BCUT2D eigenvalue weighted by molar-refractivity contribution is 6.00. The Morgan fingerprint density at radius 3 is 2.60 bits per heavy atom. The number of para-hydroxylation sites is 1. The van der Waals surface area contributed by atoms with Crippen LogP contribution in [0, 0.1) is 17.2 Å². The average molecular weight is 405 g/mol. The maximum atomic E-state index is 12.5. The molecule has 154 valence electrons. The van der Waals surface area contributed by atoms with Crippen LogP contribution in [0.1, 0.15) is 31.4 Å². The lowest BCUT2D eigenvalue weighted by atomic mass is 10.1. The van der Waals surface area contributed by atoms with E-state index in [1.807, 2.05) is 30.3 Å². The highest BCUT2D eigenvalue weighted by Gasteiger charge is 2.37. The van der Waals surface area contributed by atoms with Crippen LogP contribution in [-0.2, 0) is 25.5 Å². The Morgan fingerprint density at radius 2 is 1.93 bits per heavy atom. The van der Waals surface area contributed by atoms with Crippen LogP contribution < -0.4 is 10.2 Å². The summed E-state index contributed by atoms with van der Waals surface area (Å²) in [5.74, 6) is -1.92. The Bertz CT molecular complexity index is 994. The van der Waals surface area contributed by atoms with Gasteiger partial charge in [0.15, 0.2) is 6.10 Å². The van der Waals surface area contributed by atoms with Gasteiger partial charge < -0.3 is 15.0 Å². The second-order valence-electron chi connectivity index (χ2n) is 7.15. The summed E-state index contributed by atoms with van der Waals surface area (Å²) in [6.45, 7) is 3.73. The first-order chi connectivity index (χ1) is 14.4. The molecule has 0 aliphatic carbocycles. The zero-order chi connectivity index (χ0) is 21.7. The Kier molecular flexibility index (Phi) is 6.48. The van der Waals surface area contributed by atoms with Crippen molar-refractivity contribution in [2.75, 3.05) is 16.8 Å². The number of amides is 2. The molecule has 3 rings (SSSR count). The molecule has 1 heterocycles. The maximum absolute atomic E-state index is 12.5. The van der Waals surface area contributed by atoms with Gasteiger partial charge in [0.25, 0.3) is 5.91 Å². The van der Waals surface area contributed by atoms with Gasteiger partial charge in [0.05, 0.1) is 17.2 Å². The van der Waals surface area contributed by atoms with Gasteiger partial charge in [-0.05, 0) is 43.2 Å². The van der Waals surface area contributed by atoms with Gasteiger partial charge in [-0.2, -0.15) is 5.26 Å². The van der Waals surface area contributed by atoms with E-state index in [4.69, 9.17) is 10.00 Å². The lowest BCUT2D eigenvalue weighted by molar-refractivity contribution is -0.157. The second kappa shape index (κ2) is 9.23. The van der Waals surface area contributed by atoms with E-state index in [0.717, 1.165) is 12.1 Å². The monoisotopic (exact) mass is 405 g/mol. The van der Waals surface area contributed by atoms with Crippen molar-refractivity contribution >= 4 is 29.2 Å². The number of rotatable bonds is 6. The van der Waals surface area contributed by atoms with E-state index >= 15 is 0 Å². The first-order valence-corrected chi connectivity index (χ1v) is 9.82. The van der Waals surface area contributed by atoms with E-state index in [9.17, 15) is 14.4 Å². The molecule has 30 heavy (non-hydrogen) atoms. The lowest BCUT2D eigenvalue weighted by Crippen LogP contribution is -2.33. The van der Waals surface area contributed by atoms with E-state index in [1.54, 1.807) is 29.2 Å². The molecule has 7 heteroatoms. The van der Waals surface area contributed by atoms with E-state index in [2.05, 4.69) is 12.2 Å². The Hall–Kier alpha value is -3.66. The van der Waals surface area contributed by atoms with Crippen molar-refractivity contribution in [1.82, 2.24) is 0 Å². The molecule has 1 aliphatic heterocycles. The molecule has 7 nitrogen and oxygen atoms in total. The maximum Gasteiger partial charge on any atom is 0.312 e. The van der Waals surface area contributed by atoms with Crippen LogP contribution in [0.15, 0.2) is 48.5 Å². The van der Waals surface area contributed by atoms with E-state index in [0.29, 0.717) is 11.3 Å². The standard InChI is InChI=1S/C23H23N3O4/c1-3-16-8-10-19(11-9-16)26-14-18(12-21(26)27)23(29)30-15(2)22(28)25-20-7-5-4-6-17(20)13-24/h4-11,15,18H,3,12,14H2,1-2H3,(H,25,28)/t15-,18+/m1/s1. The minimum absolute atomic E-state index is 0.0416. The highest BCUT2D eigenvalue weighted by Crippen LogP contribution is 2.26. The van der Waals surface area contributed by atoms with Crippen LogP contribution in [0.5, 0.6) is 0 Å². The van der Waals surface area contributed by atoms with Crippen LogP contribution in [0.25, 0.3) is 0 Å². The Balaban J connectivity index is 1.59. The average Bonchev–Trinajstić information content (AvgIpc) is 3.15. The first-order valence-electron chi connectivity index (χ1n) is 9.82. The van der Waals surface area contributed by atoms with Crippen molar-refractivity contribution in [3.8, 4) is 6.07 Å². The molecule has 1 aliphatic rings. The van der Waals surface area contributed by atoms with Crippen molar-refractivity contribution in [3.63, 3.8) is 0 Å². The van der Waals surface area contributed by atoms with Gasteiger partial charge in [-0.1, -0.05) is 31.2 Å². The third-order valence-electron chi connectivity index (χ3n) is 5.08. The minimum Gasteiger partial charge on any atom is -0.452 e. The van der Waals surface area contributed by atoms with Gasteiger partial charge in [-0.15, -0.1) is 0 Å². The fourth-order valence-corrected chi connectivity index (χ4v) is 3.27. The molecule has 1 saturated heterocycles. The molecular formula is C23H23N3O4. The van der Waals surface area contributed by atoms with Crippen LogP contribution in [-0.4, -0.2) is 30.4 Å². The molecule has 1 N–H and O–H groups in total. The van der Waals surface area contributed by atoms with Crippen molar-refractivity contribution in [2.45, 2.75) is 32.8 Å². The smallest absolute Gasteiger partial charge is 0.312 e. The van der Waals surface area contributed by atoms with Crippen LogP contribution in [0.4, 0.5) is 11.4 Å². The predicted molar refractivity (Wildman–Crippen MR) is 112 cm³/mol. The molecule has 0 unspecified atom stereocenters. The normalized spacial score (nSPS) is 16.6. The number of benzene rings is 2. The number of carbonyl (C=O) groups excluding carboxylic acids is 3. The number of esters is 1. The van der Waals surface area contributed by atoms with Crippen molar-refractivity contribution in [2.24, 2.45) is 5.92 Å². The molecule has 2 amide bonds. The molecule has 0 bridgehead atoms. The van der Waals surface area contributed by atoms with E-state index < -0.39 is 23.9 Å². The van der Waals surface area contributed by atoms with Crippen molar-refractivity contribution < 1.29 is 19.1 Å². The van der Waals surface area contributed by atoms with Crippen LogP contribution >= 0.6 is 0 Å².